The van der Waals surface area contributed by atoms with Gasteiger partial charge in [-0.1, -0.05) is 13.0 Å². The molecule has 0 amide bonds. The summed E-state index contributed by atoms with van der Waals surface area (Å²) in [4.78, 5) is 8.53. The lowest BCUT2D eigenvalue weighted by molar-refractivity contribution is 0.440. The van der Waals surface area contributed by atoms with Gasteiger partial charge in [-0.3, -0.25) is 0 Å². The normalized spacial score (nSPS) is 14.8. The number of hydrogen-bond donors (Lipinski definition) is 1. The van der Waals surface area contributed by atoms with Crippen LogP contribution in [0.25, 0.3) is 0 Å². The summed E-state index contributed by atoms with van der Waals surface area (Å²) in [5, 5.41) is 0. The molecule has 1 aliphatic rings. The maximum atomic E-state index is 5.93. The van der Waals surface area contributed by atoms with E-state index in [-0.39, 0.29) is 6.04 Å². The molecule has 0 radical (unpaired) electrons. The first-order valence-electron chi connectivity index (χ1n) is 7.60. The minimum atomic E-state index is 0.164. The lowest BCUT2D eigenvalue weighted by Gasteiger charge is -2.09. The highest BCUT2D eigenvalue weighted by molar-refractivity contribution is 5.39. The van der Waals surface area contributed by atoms with Gasteiger partial charge in [0.05, 0.1) is 0 Å². The van der Waals surface area contributed by atoms with Crippen LogP contribution < -0.4 is 10.5 Å². The molecule has 0 bridgehead atoms. The molecular formula is C17H21N3O. The highest BCUT2D eigenvalue weighted by Crippen LogP contribution is 2.27. The zero-order valence-corrected chi connectivity index (χ0v) is 12.4. The van der Waals surface area contributed by atoms with Crippen LogP contribution in [0.1, 0.15) is 36.5 Å². The van der Waals surface area contributed by atoms with Crippen molar-refractivity contribution >= 4 is 0 Å². The minimum Gasteiger partial charge on any atom is -0.424 e. The van der Waals surface area contributed by atoms with Crippen molar-refractivity contribution < 1.29 is 4.74 Å². The van der Waals surface area contributed by atoms with Crippen LogP contribution in [0.15, 0.2) is 30.6 Å². The quantitative estimate of drug-likeness (QED) is 0.916. The molecule has 0 saturated heterocycles. The van der Waals surface area contributed by atoms with Crippen LogP contribution in [0, 0.1) is 0 Å². The smallest absolute Gasteiger partial charge is 0.321 e. The zero-order valence-electron chi connectivity index (χ0n) is 12.4. The van der Waals surface area contributed by atoms with Crippen molar-refractivity contribution in [1.29, 1.82) is 0 Å². The van der Waals surface area contributed by atoms with E-state index in [9.17, 15) is 0 Å². The zero-order chi connectivity index (χ0) is 14.7. The number of benzene rings is 1. The van der Waals surface area contributed by atoms with Gasteiger partial charge in [-0.15, -0.1) is 0 Å². The largest absolute Gasteiger partial charge is 0.424 e. The van der Waals surface area contributed by atoms with Gasteiger partial charge < -0.3 is 10.5 Å². The van der Waals surface area contributed by atoms with E-state index in [2.05, 4.69) is 29.0 Å². The lowest BCUT2D eigenvalue weighted by atomic mass is 10.1. The molecule has 1 unspecified atom stereocenters. The number of fused-ring (bicyclic) bond motifs is 1. The van der Waals surface area contributed by atoms with Gasteiger partial charge in [0.2, 0.25) is 0 Å². The van der Waals surface area contributed by atoms with Crippen molar-refractivity contribution in [3.8, 4) is 11.8 Å². The fourth-order valence-electron chi connectivity index (χ4n) is 2.67. The molecule has 1 atom stereocenters. The Morgan fingerprint density at radius 3 is 2.71 bits per heavy atom. The summed E-state index contributed by atoms with van der Waals surface area (Å²) >= 11 is 0. The summed E-state index contributed by atoms with van der Waals surface area (Å²) in [6.45, 7) is 2.08. The molecule has 0 fully saturated rings. The Kier molecular flexibility index (Phi) is 4.15. The maximum Gasteiger partial charge on any atom is 0.321 e. The van der Waals surface area contributed by atoms with E-state index in [0.717, 1.165) is 30.6 Å². The molecule has 4 heteroatoms. The lowest BCUT2D eigenvalue weighted by Crippen LogP contribution is -2.21. The van der Waals surface area contributed by atoms with Crippen LogP contribution >= 0.6 is 0 Å². The van der Waals surface area contributed by atoms with Crippen LogP contribution in [0.2, 0.25) is 0 Å². The first-order valence-corrected chi connectivity index (χ1v) is 7.60. The Balaban J connectivity index is 1.67. The molecule has 0 saturated carbocycles. The van der Waals surface area contributed by atoms with E-state index < -0.39 is 0 Å². The fraction of sp³-hybridized carbons (Fsp3) is 0.412. The number of aryl methyl sites for hydroxylation is 2. The highest BCUT2D eigenvalue weighted by atomic mass is 16.5. The summed E-state index contributed by atoms with van der Waals surface area (Å²) in [6, 6.07) is 6.80. The van der Waals surface area contributed by atoms with Crippen molar-refractivity contribution in [1.82, 2.24) is 9.97 Å². The second-order valence-electron chi connectivity index (χ2n) is 5.63. The van der Waals surface area contributed by atoms with E-state index >= 15 is 0 Å². The number of rotatable bonds is 5. The average Bonchev–Trinajstić information content (AvgIpc) is 2.96. The van der Waals surface area contributed by atoms with Crippen LogP contribution in [0.5, 0.6) is 11.8 Å². The molecule has 4 nitrogen and oxygen atoms in total. The third kappa shape index (κ3) is 3.39. The summed E-state index contributed by atoms with van der Waals surface area (Å²) in [7, 11) is 0. The van der Waals surface area contributed by atoms with Crippen LogP contribution in [-0.4, -0.2) is 16.0 Å². The Labute approximate surface area is 125 Å². The highest BCUT2D eigenvalue weighted by Gasteiger charge is 2.12. The van der Waals surface area contributed by atoms with Crippen molar-refractivity contribution in [2.24, 2.45) is 5.73 Å². The number of nitrogens with zero attached hydrogens (tertiary/aromatic N) is 2. The van der Waals surface area contributed by atoms with Gasteiger partial charge in [0.25, 0.3) is 0 Å². The third-order valence-electron chi connectivity index (χ3n) is 3.98. The topological polar surface area (TPSA) is 61.0 Å². The molecule has 1 aromatic heterocycles. The fourth-order valence-corrected chi connectivity index (χ4v) is 2.67. The molecule has 0 spiro atoms. The number of aromatic nitrogens is 2. The second kappa shape index (κ2) is 6.22. The van der Waals surface area contributed by atoms with Gasteiger partial charge >= 0.3 is 6.01 Å². The summed E-state index contributed by atoms with van der Waals surface area (Å²) in [5.41, 5.74) is 9.80. The molecule has 110 valence electrons. The number of ether oxygens (including phenoxy) is 1. The molecule has 2 N–H and O–H groups in total. The van der Waals surface area contributed by atoms with Crippen LogP contribution in [-0.2, 0) is 19.3 Å². The van der Waals surface area contributed by atoms with Crippen molar-refractivity contribution in [3.05, 3.63) is 47.3 Å². The summed E-state index contributed by atoms with van der Waals surface area (Å²) < 4.78 is 5.74. The number of hydrogen-bond acceptors (Lipinski definition) is 4. The number of nitrogens with two attached hydrogens (primary N) is 1. The standard InChI is InChI=1S/C17H21N3O/c1-2-15(18)8-12-10-19-17(20-11-12)21-16-7-6-13-4-3-5-14(13)9-16/h6-7,9-11,15H,2-5,8,18H2,1H3. The molecule has 2 aromatic rings. The van der Waals surface area contributed by atoms with E-state index in [4.69, 9.17) is 10.5 Å². The van der Waals surface area contributed by atoms with E-state index in [1.165, 1.54) is 24.0 Å². The van der Waals surface area contributed by atoms with Crippen molar-refractivity contribution in [2.45, 2.75) is 45.1 Å². The first-order chi connectivity index (χ1) is 10.2. The molecule has 1 aliphatic carbocycles. The molecule has 1 aromatic carbocycles. The van der Waals surface area contributed by atoms with Gasteiger partial charge in [-0.2, -0.15) is 0 Å². The van der Waals surface area contributed by atoms with Crippen LogP contribution in [0.3, 0.4) is 0 Å². The van der Waals surface area contributed by atoms with E-state index in [1.54, 1.807) is 12.4 Å². The summed E-state index contributed by atoms with van der Waals surface area (Å²) in [6.07, 6.45) is 8.90. The molecular weight excluding hydrogens is 262 g/mol. The van der Waals surface area contributed by atoms with E-state index in [1.807, 2.05) is 6.07 Å². The third-order valence-corrected chi connectivity index (χ3v) is 3.98. The Hall–Kier alpha value is -1.94. The first kappa shape index (κ1) is 14.0. The molecule has 21 heavy (non-hydrogen) atoms. The van der Waals surface area contributed by atoms with E-state index in [0.29, 0.717) is 6.01 Å². The minimum absolute atomic E-state index is 0.164. The summed E-state index contributed by atoms with van der Waals surface area (Å²) in [5.74, 6) is 0.814. The van der Waals surface area contributed by atoms with Crippen molar-refractivity contribution in [2.75, 3.05) is 0 Å². The molecule has 1 heterocycles. The van der Waals surface area contributed by atoms with Crippen molar-refractivity contribution in [3.63, 3.8) is 0 Å². The Morgan fingerprint density at radius 1 is 1.19 bits per heavy atom. The Bertz CT molecular complexity index is 610. The SMILES string of the molecule is CCC(N)Cc1cnc(Oc2ccc3c(c2)CCC3)nc1. The van der Waals surface area contributed by atoms with Gasteiger partial charge in [-0.05, 0) is 60.9 Å². The van der Waals surface area contributed by atoms with Gasteiger partial charge in [-0.25, -0.2) is 9.97 Å². The average molecular weight is 283 g/mol. The maximum absolute atomic E-state index is 5.93. The van der Waals surface area contributed by atoms with Crippen LogP contribution in [0.4, 0.5) is 0 Å². The molecule has 3 rings (SSSR count). The monoisotopic (exact) mass is 283 g/mol. The predicted molar refractivity (Wildman–Crippen MR) is 82.5 cm³/mol. The Morgan fingerprint density at radius 2 is 1.95 bits per heavy atom. The van der Waals surface area contributed by atoms with Gasteiger partial charge in [0.1, 0.15) is 5.75 Å². The van der Waals surface area contributed by atoms with Gasteiger partial charge in [0, 0.05) is 18.4 Å². The predicted octanol–water partition coefficient (Wildman–Crippen LogP) is 3.04. The second-order valence-corrected chi connectivity index (χ2v) is 5.63. The molecule has 0 aliphatic heterocycles. The van der Waals surface area contributed by atoms with Gasteiger partial charge in [0.15, 0.2) is 0 Å².